The van der Waals surface area contributed by atoms with E-state index in [-0.39, 0.29) is 11.8 Å². The van der Waals surface area contributed by atoms with E-state index in [2.05, 4.69) is 41.0 Å². The minimum absolute atomic E-state index is 0.154. The van der Waals surface area contributed by atoms with Crippen LogP contribution < -0.4 is 4.74 Å². The molecule has 1 fully saturated rings. The van der Waals surface area contributed by atoms with Gasteiger partial charge in [0.05, 0.1) is 12.7 Å². The van der Waals surface area contributed by atoms with Gasteiger partial charge >= 0.3 is 0 Å². The van der Waals surface area contributed by atoms with Crippen LogP contribution in [-0.4, -0.2) is 66.3 Å². The van der Waals surface area contributed by atoms with Crippen LogP contribution in [-0.2, 0) is 16.1 Å². The van der Waals surface area contributed by atoms with Gasteiger partial charge in [-0.05, 0) is 29.7 Å². The number of carbonyl (C=O) groups excluding carboxylic acids is 2. The molecule has 2 aromatic rings. The number of piperazine rings is 1. The SMILES string of the molecule is CCCCCN1C(=O)C(c2ccc(OC)cc2)=C(N2CCN(Cc3ccccc3)CC2)C1=O. The monoisotopic (exact) mass is 447 g/mol. The highest BCUT2D eigenvalue weighted by molar-refractivity contribution is 6.35. The maximum atomic E-state index is 13.5. The number of hydrogen-bond donors (Lipinski definition) is 0. The molecule has 0 saturated carbocycles. The van der Waals surface area contributed by atoms with Crippen molar-refractivity contribution in [2.75, 3.05) is 39.8 Å². The number of amides is 2. The lowest BCUT2D eigenvalue weighted by Gasteiger charge is -2.36. The first kappa shape index (κ1) is 23.1. The van der Waals surface area contributed by atoms with E-state index >= 15 is 0 Å². The van der Waals surface area contributed by atoms with Crippen molar-refractivity contribution in [1.29, 1.82) is 0 Å². The second-order valence-corrected chi connectivity index (χ2v) is 8.67. The van der Waals surface area contributed by atoms with Crippen molar-refractivity contribution >= 4 is 17.4 Å². The molecule has 33 heavy (non-hydrogen) atoms. The zero-order valence-corrected chi connectivity index (χ0v) is 19.6. The Morgan fingerprint density at radius 2 is 1.55 bits per heavy atom. The van der Waals surface area contributed by atoms with Gasteiger partial charge in [0.15, 0.2) is 0 Å². The molecule has 1 saturated heterocycles. The summed E-state index contributed by atoms with van der Waals surface area (Å²) in [6, 6.07) is 17.9. The summed E-state index contributed by atoms with van der Waals surface area (Å²) in [7, 11) is 1.62. The molecule has 0 radical (unpaired) electrons. The third kappa shape index (κ3) is 5.11. The van der Waals surface area contributed by atoms with Crippen molar-refractivity contribution < 1.29 is 14.3 Å². The lowest BCUT2D eigenvalue weighted by atomic mass is 10.0. The molecule has 2 aliphatic heterocycles. The van der Waals surface area contributed by atoms with Crippen LogP contribution in [0.15, 0.2) is 60.3 Å². The molecule has 6 nitrogen and oxygen atoms in total. The normalized spacial score (nSPS) is 17.3. The molecule has 0 N–H and O–H groups in total. The molecule has 0 aromatic heterocycles. The second kappa shape index (κ2) is 10.7. The predicted octanol–water partition coefficient (Wildman–Crippen LogP) is 3.78. The van der Waals surface area contributed by atoms with Crippen LogP contribution in [0, 0.1) is 0 Å². The van der Waals surface area contributed by atoms with Gasteiger partial charge in [-0.1, -0.05) is 62.2 Å². The lowest BCUT2D eigenvalue weighted by Crippen LogP contribution is -2.47. The molecule has 2 heterocycles. The Kier molecular flexibility index (Phi) is 7.45. The Labute approximate surface area is 196 Å². The fourth-order valence-electron chi connectivity index (χ4n) is 4.57. The fraction of sp³-hybridized carbons (Fsp3) is 0.407. The first-order valence-corrected chi connectivity index (χ1v) is 11.9. The van der Waals surface area contributed by atoms with E-state index in [1.807, 2.05) is 30.3 Å². The molecule has 0 atom stereocenters. The zero-order valence-electron chi connectivity index (χ0n) is 19.6. The molecule has 0 spiro atoms. The van der Waals surface area contributed by atoms with Gasteiger partial charge < -0.3 is 9.64 Å². The lowest BCUT2D eigenvalue weighted by molar-refractivity contribution is -0.137. The molecule has 2 amide bonds. The average molecular weight is 448 g/mol. The van der Waals surface area contributed by atoms with E-state index < -0.39 is 0 Å². The molecule has 0 bridgehead atoms. The molecule has 2 aliphatic rings. The number of benzene rings is 2. The minimum atomic E-state index is -0.178. The van der Waals surface area contributed by atoms with Gasteiger partial charge in [0.1, 0.15) is 11.4 Å². The molecule has 2 aromatic carbocycles. The van der Waals surface area contributed by atoms with Gasteiger partial charge in [0.2, 0.25) is 0 Å². The van der Waals surface area contributed by atoms with Crippen molar-refractivity contribution in [3.8, 4) is 5.75 Å². The minimum Gasteiger partial charge on any atom is -0.497 e. The van der Waals surface area contributed by atoms with Crippen LogP contribution in [0.25, 0.3) is 5.57 Å². The third-order valence-electron chi connectivity index (χ3n) is 6.45. The second-order valence-electron chi connectivity index (χ2n) is 8.67. The number of carbonyl (C=O) groups is 2. The first-order chi connectivity index (χ1) is 16.1. The molecule has 0 aliphatic carbocycles. The molecular formula is C27H33N3O3. The maximum Gasteiger partial charge on any atom is 0.277 e. The maximum absolute atomic E-state index is 13.5. The molecule has 174 valence electrons. The van der Waals surface area contributed by atoms with Gasteiger partial charge in [0.25, 0.3) is 11.8 Å². The summed E-state index contributed by atoms with van der Waals surface area (Å²) in [6.07, 6.45) is 2.88. The van der Waals surface area contributed by atoms with E-state index in [9.17, 15) is 9.59 Å². The average Bonchev–Trinajstić information content (AvgIpc) is 3.10. The summed E-state index contributed by atoms with van der Waals surface area (Å²) in [5, 5.41) is 0. The molecule has 0 unspecified atom stereocenters. The van der Waals surface area contributed by atoms with E-state index in [1.54, 1.807) is 7.11 Å². The van der Waals surface area contributed by atoms with E-state index in [0.29, 0.717) is 17.8 Å². The van der Waals surface area contributed by atoms with Gasteiger partial charge in [-0.2, -0.15) is 0 Å². The van der Waals surface area contributed by atoms with Gasteiger partial charge in [-0.3, -0.25) is 19.4 Å². The number of methoxy groups -OCH3 is 1. The number of imide groups is 1. The van der Waals surface area contributed by atoms with Crippen molar-refractivity contribution in [1.82, 2.24) is 14.7 Å². The predicted molar refractivity (Wildman–Crippen MR) is 129 cm³/mol. The summed E-state index contributed by atoms with van der Waals surface area (Å²) < 4.78 is 5.28. The Bertz CT molecular complexity index is 993. The standard InChI is InChI=1S/C27H33N3O3/c1-3-4-8-15-30-26(31)24(22-11-13-23(33-2)14-12-22)25(27(30)32)29-18-16-28(17-19-29)20-21-9-6-5-7-10-21/h5-7,9-14H,3-4,8,15-20H2,1-2H3. The highest BCUT2D eigenvalue weighted by atomic mass is 16.5. The topological polar surface area (TPSA) is 53.1 Å². The summed E-state index contributed by atoms with van der Waals surface area (Å²) in [6.45, 7) is 6.65. The highest BCUT2D eigenvalue weighted by Gasteiger charge is 2.41. The Morgan fingerprint density at radius 3 is 2.18 bits per heavy atom. The third-order valence-corrected chi connectivity index (χ3v) is 6.45. The van der Waals surface area contributed by atoms with Crippen molar-refractivity contribution in [2.24, 2.45) is 0 Å². The van der Waals surface area contributed by atoms with E-state index in [4.69, 9.17) is 4.74 Å². The quantitative estimate of drug-likeness (QED) is 0.433. The summed E-state index contributed by atoms with van der Waals surface area (Å²) >= 11 is 0. The van der Waals surface area contributed by atoms with Gasteiger partial charge in [0, 0.05) is 39.3 Å². The van der Waals surface area contributed by atoms with Crippen LogP contribution in [0.3, 0.4) is 0 Å². The van der Waals surface area contributed by atoms with Crippen LogP contribution in [0.2, 0.25) is 0 Å². The van der Waals surface area contributed by atoms with E-state index in [0.717, 1.165) is 63.3 Å². The van der Waals surface area contributed by atoms with Gasteiger partial charge in [-0.25, -0.2) is 0 Å². The smallest absolute Gasteiger partial charge is 0.277 e. The molecule has 6 heteroatoms. The van der Waals surface area contributed by atoms with Gasteiger partial charge in [-0.15, -0.1) is 0 Å². The van der Waals surface area contributed by atoms with Crippen molar-refractivity contribution in [3.05, 3.63) is 71.4 Å². The van der Waals surface area contributed by atoms with Crippen LogP contribution >= 0.6 is 0 Å². The Hall–Kier alpha value is -3.12. The van der Waals surface area contributed by atoms with Crippen LogP contribution in [0.1, 0.15) is 37.3 Å². The van der Waals surface area contributed by atoms with Crippen LogP contribution in [0.5, 0.6) is 5.75 Å². The number of ether oxygens (including phenoxy) is 1. The highest BCUT2D eigenvalue weighted by Crippen LogP contribution is 2.33. The Morgan fingerprint density at radius 1 is 0.848 bits per heavy atom. The summed E-state index contributed by atoms with van der Waals surface area (Å²) in [4.78, 5) is 32.8. The number of unbranched alkanes of at least 4 members (excludes halogenated alkanes) is 2. The van der Waals surface area contributed by atoms with Crippen LogP contribution in [0.4, 0.5) is 0 Å². The fourth-order valence-corrected chi connectivity index (χ4v) is 4.57. The largest absolute Gasteiger partial charge is 0.497 e. The molecule has 4 rings (SSSR count). The first-order valence-electron chi connectivity index (χ1n) is 11.9. The van der Waals surface area contributed by atoms with E-state index in [1.165, 1.54) is 10.5 Å². The van der Waals surface area contributed by atoms with Crippen molar-refractivity contribution in [3.63, 3.8) is 0 Å². The Balaban J connectivity index is 1.55. The summed E-state index contributed by atoms with van der Waals surface area (Å²) in [5.41, 5.74) is 3.14. The molecular weight excluding hydrogens is 414 g/mol. The number of hydrogen-bond acceptors (Lipinski definition) is 5. The van der Waals surface area contributed by atoms with Crippen molar-refractivity contribution in [2.45, 2.75) is 32.7 Å². The number of rotatable bonds is 9. The zero-order chi connectivity index (χ0) is 23.2. The summed E-state index contributed by atoms with van der Waals surface area (Å²) in [5.74, 6) is 0.397. The number of nitrogens with zero attached hydrogens (tertiary/aromatic N) is 3.